The first kappa shape index (κ1) is 11.8. The third-order valence-electron chi connectivity index (χ3n) is 1.59. The van der Waals surface area contributed by atoms with E-state index >= 15 is 0 Å². The molecule has 14 heavy (non-hydrogen) atoms. The van der Waals surface area contributed by atoms with Crippen LogP contribution in [0, 0.1) is 6.92 Å². The molecule has 1 aromatic heterocycles. The van der Waals surface area contributed by atoms with Gasteiger partial charge in [-0.3, -0.25) is 0 Å². The van der Waals surface area contributed by atoms with Crippen LogP contribution in [0.15, 0.2) is 5.38 Å². The van der Waals surface area contributed by atoms with Crippen molar-refractivity contribution in [2.75, 3.05) is 30.0 Å². The van der Waals surface area contributed by atoms with Gasteiger partial charge in [-0.2, -0.15) is 11.8 Å². The normalized spacial score (nSPS) is 10.4. The SMILES string of the molecule is Cc1csc(NCCSCCCO)n1. The van der Waals surface area contributed by atoms with Gasteiger partial charge in [0.1, 0.15) is 0 Å². The van der Waals surface area contributed by atoms with Crippen molar-refractivity contribution in [3.05, 3.63) is 11.1 Å². The number of aromatic nitrogens is 1. The van der Waals surface area contributed by atoms with E-state index < -0.39 is 0 Å². The van der Waals surface area contributed by atoms with Crippen LogP contribution in [0.1, 0.15) is 12.1 Å². The van der Waals surface area contributed by atoms with Crippen LogP contribution in [-0.2, 0) is 0 Å². The maximum Gasteiger partial charge on any atom is 0.182 e. The molecule has 0 fully saturated rings. The third kappa shape index (κ3) is 4.83. The van der Waals surface area contributed by atoms with Crippen molar-refractivity contribution in [2.24, 2.45) is 0 Å². The Bertz CT molecular complexity index is 253. The van der Waals surface area contributed by atoms with E-state index in [-0.39, 0.29) is 0 Å². The fourth-order valence-electron chi connectivity index (χ4n) is 0.934. The molecule has 0 aliphatic rings. The highest BCUT2D eigenvalue weighted by Gasteiger charge is 1.96. The smallest absolute Gasteiger partial charge is 0.182 e. The molecule has 0 unspecified atom stereocenters. The van der Waals surface area contributed by atoms with Crippen LogP contribution < -0.4 is 5.32 Å². The quantitative estimate of drug-likeness (QED) is 0.706. The van der Waals surface area contributed by atoms with E-state index in [1.54, 1.807) is 11.3 Å². The average Bonchev–Trinajstić information content (AvgIpc) is 2.58. The minimum atomic E-state index is 0.298. The molecule has 0 aliphatic carbocycles. The van der Waals surface area contributed by atoms with E-state index in [0.717, 1.165) is 35.3 Å². The van der Waals surface area contributed by atoms with Gasteiger partial charge in [-0.1, -0.05) is 0 Å². The van der Waals surface area contributed by atoms with Crippen molar-refractivity contribution >= 4 is 28.2 Å². The molecule has 0 spiro atoms. The first-order valence-corrected chi connectivity index (χ1v) is 6.71. The second-order valence-corrected chi connectivity index (χ2v) is 4.99. The summed E-state index contributed by atoms with van der Waals surface area (Å²) < 4.78 is 0. The molecule has 1 rings (SSSR count). The van der Waals surface area contributed by atoms with Crippen molar-refractivity contribution < 1.29 is 5.11 Å². The Morgan fingerprint density at radius 1 is 1.57 bits per heavy atom. The van der Waals surface area contributed by atoms with E-state index in [4.69, 9.17) is 5.11 Å². The number of nitrogens with zero attached hydrogens (tertiary/aromatic N) is 1. The highest BCUT2D eigenvalue weighted by molar-refractivity contribution is 7.99. The maximum atomic E-state index is 8.57. The molecule has 1 heterocycles. The summed E-state index contributed by atoms with van der Waals surface area (Å²) in [7, 11) is 0. The van der Waals surface area contributed by atoms with Crippen LogP contribution in [0.2, 0.25) is 0 Å². The van der Waals surface area contributed by atoms with Gasteiger partial charge in [0.25, 0.3) is 0 Å². The van der Waals surface area contributed by atoms with Crippen molar-refractivity contribution in [1.82, 2.24) is 4.98 Å². The van der Waals surface area contributed by atoms with Gasteiger partial charge in [0.2, 0.25) is 0 Å². The molecule has 0 radical (unpaired) electrons. The van der Waals surface area contributed by atoms with Crippen LogP contribution in [0.3, 0.4) is 0 Å². The number of aliphatic hydroxyl groups excluding tert-OH is 1. The van der Waals surface area contributed by atoms with Crippen LogP contribution in [-0.4, -0.2) is 34.7 Å². The van der Waals surface area contributed by atoms with Crippen LogP contribution in [0.25, 0.3) is 0 Å². The first-order valence-electron chi connectivity index (χ1n) is 4.67. The monoisotopic (exact) mass is 232 g/mol. The Kier molecular flexibility index (Phi) is 5.98. The number of thioether (sulfide) groups is 1. The summed E-state index contributed by atoms with van der Waals surface area (Å²) in [4.78, 5) is 4.30. The van der Waals surface area contributed by atoms with Gasteiger partial charge in [0.15, 0.2) is 5.13 Å². The average molecular weight is 232 g/mol. The predicted molar refractivity (Wildman–Crippen MR) is 64.4 cm³/mol. The maximum absolute atomic E-state index is 8.57. The first-order chi connectivity index (χ1) is 6.83. The summed E-state index contributed by atoms with van der Waals surface area (Å²) in [5.41, 5.74) is 1.07. The zero-order valence-corrected chi connectivity index (χ0v) is 9.96. The Morgan fingerprint density at radius 3 is 3.07 bits per heavy atom. The predicted octanol–water partition coefficient (Wildman–Crippen LogP) is 1.98. The van der Waals surface area contributed by atoms with E-state index in [2.05, 4.69) is 10.3 Å². The van der Waals surface area contributed by atoms with Crippen molar-refractivity contribution in [3.63, 3.8) is 0 Å². The number of thiazole rings is 1. The molecular weight excluding hydrogens is 216 g/mol. The zero-order valence-electron chi connectivity index (χ0n) is 8.32. The second-order valence-electron chi connectivity index (χ2n) is 2.91. The highest BCUT2D eigenvalue weighted by atomic mass is 32.2. The van der Waals surface area contributed by atoms with Gasteiger partial charge in [-0.25, -0.2) is 4.98 Å². The summed E-state index contributed by atoms with van der Waals surface area (Å²) in [6, 6.07) is 0. The summed E-state index contributed by atoms with van der Waals surface area (Å²) in [6.07, 6.45) is 0.890. The van der Waals surface area contributed by atoms with Crippen LogP contribution in [0.4, 0.5) is 5.13 Å². The largest absolute Gasteiger partial charge is 0.396 e. The van der Waals surface area contributed by atoms with Gasteiger partial charge in [0, 0.05) is 24.3 Å². The summed E-state index contributed by atoms with van der Waals surface area (Å²) in [5.74, 6) is 2.10. The van der Waals surface area contributed by atoms with Gasteiger partial charge in [0.05, 0.1) is 5.69 Å². The van der Waals surface area contributed by atoms with Gasteiger partial charge in [-0.15, -0.1) is 11.3 Å². The number of aliphatic hydroxyl groups is 1. The highest BCUT2D eigenvalue weighted by Crippen LogP contribution is 2.14. The molecule has 0 aliphatic heterocycles. The molecule has 5 heteroatoms. The van der Waals surface area contributed by atoms with E-state index in [1.807, 2.05) is 24.1 Å². The molecule has 0 amide bonds. The lowest BCUT2D eigenvalue weighted by atomic mass is 10.5. The Labute approximate surface area is 92.9 Å². The van der Waals surface area contributed by atoms with Crippen LogP contribution >= 0.6 is 23.1 Å². The van der Waals surface area contributed by atoms with Gasteiger partial charge < -0.3 is 10.4 Å². The fraction of sp³-hybridized carbons (Fsp3) is 0.667. The number of nitrogens with one attached hydrogen (secondary N) is 1. The van der Waals surface area contributed by atoms with Crippen molar-refractivity contribution in [1.29, 1.82) is 0 Å². The van der Waals surface area contributed by atoms with Crippen molar-refractivity contribution in [3.8, 4) is 0 Å². The molecule has 0 atom stereocenters. The Morgan fingerprint density at radius 2 is 2.43 bits per heavy atom. The number of anilines is 1. The Balaban J connectivity index is 1.99. The lowest BCUT2D eigenvalue weighted by molar-refractivity contribution is 0.296. The number of hydrogen-bond donors (Lipinski definition) is 2. The molecule has 80 valence electrons. The minimum Gasteiger partial charge on any atom is -0.396 e. The molecule has 0 aromatic carbocycles. The van der Waals surface area contributed by atoms with Crippen LogP contribution in [0.5, 0.6) is 0 Å². The molecular formula is C9H16N2OS2. The summed E-state index contributed by atoms with van der Waals surface area (Å²) in [5, 5.41) is 14.9. The summed E-state index contributed by atoms with van der Waals surface area (Å²) >= 11 is 3.50. The molecule has 0 saturated carbocycles. The Hall–Kier alpha value is -0.260. The lowest BCUT2D eigenvalue weighted by Crippen LogP contribution is -2.04. The third-order valence-corrected chi connectivity index (χ3v) is 3.58. The fourth-order valence-corrected chi connectivity index (χ4v) is 2.43. The van der Waals surface area contributed by atoms with E-state index in [9.17, 15) is 0 Å². The zero-order chi connectivity index (χ0) is 10.2. The molecule has 0 bridgehead atoms. The minimum absolute atomic E-state index is 0.298. The van der Waals surface area contributed by atoms with Crippen molar-refractivity contribution in [2.45, 2.75) is 13.3 Å². The molecule has 3 nitrogen and oxygen atoms in total. The standard InChI is InChI=1S/C9H16N2OS2/c1-8-7-14-9(11-8)10-3-6-13-5-2-4-12/h7,12H,2-6H2,1H3,(H,10,11). The van der Waals surface area contributed by atoms with E-state index in [0.29, 0.717) is 6.61 Å². The number of aryl methyl sites for hydroxylation is 1. The van der Waals surface area contributed by atoms with Gasteiger partial charge >= 0.3 is 0 Å². The molecule has 0 saturated heterocycles. The summed E-state index contributed by atoms with van der Waals surface area (Å²) in [6.45, 7) is 3.24. The van der Waals surface area contributed by atoms with Gasteiger partial charge in [-0.05, 0) is 19.1 Å². The molecule has 1 aromatic rings. The lowest BCUT2D eigenvalue weighted by Gasteiger charge is -2.01. The van der Waals surface area contributed by atoms with E-state index in [1.165, 1.54) is 0 Å². The molecule has 2 N–H and O–H groups in total. The number of rotatable bonds is 7. The number of hydrogen-bond acceptors (Lipinski definition) is 5. The second kappa shape index (κ2) is 7.09. The topological polar surface area (TPSA) is 45.1 Å².